The summed E-state index contributed by atoms with van der Waals surface area (Å²) in [5, 5.41) is 4.99. The van der Waals surface area contributed by atoms with E-state index in [1.165, 1.54) is 82.9 Å². The summed E-state index contributed by atoms with van der Waals surface area (Å²) in [4.78, 5) is 5.02. The maximum absolute atomic E-state index is 2.51. The number of fused-ring (bicyclic) bond motifs is 6. The molecule has 2 nitrogen and oxygen atoms in total. The first kappa shape index (κ1) is 29.9. The minimum Gasteiger partial charge on any atom is -0.311 e. The van der Waals surface area contributed by atoms with Crippen LogP contribution < -0.4 is 26.2 Å². The van der Waals surface area contributed by atoms with Gasteiger partial charge in [-0.1, -0.05) is 152 Å². The predicted octanol–water partition coefficient (Wildman–Crippen LogP) is 11.4. The van der Waals surface area contributed by atoms with E-state index in [0.717, 1.165) is 11.4 Å². The first-order valence-electron chi connectivity index (χ1n) is 18.4. The van der Waals surface area contributed by atoms with E-state index in [4.69, 9.17) is 0 Å². The van der Waals surface area contributed by atoms with Gasteiger partial charge in [-0.05, 0) is 109 Å². The highest BCUT2D eigenvalue weighted by atomic mass is 15.2. The van der Waals surface area contributed by atoms with E-state index in [1.54, 1.807) is 0 Å². The third kappa shape index (κ3) is 4.75. The Morgan fingerprint density at radius 1 is 0.283 bits per heavy atom. The van der Waals surface area contributed by atoms with Crippen molar-refractivity contribution in [1.82, 2.24) is 0 Å². The lowest BCUT2D eigenvalue weighted by atomic mass is 9.33. The Kier molecular flexibility index (Phi) is 6.68. The largest absolute Gasteiger partial charge is 0.311 e. The Morgan fingerprint density at radius 2 is 0.642 bits per heavy atom. The molecule has 2 aliphatic heterocycles. The molecule has 0 radical (unpaired) electrons. The van der Waals surface area contributed by atoms with Crippen LogP contribution in [0, 0.1) is 0 Å². The first-order chi connectivity index (χ1) is 26.3. The van der Waals surface area contributed by atoms with Gasteiger partial charge < -0.3 is 9.80 Å². The van der Waals surface area contributed by atoms with E-state index in [9.17, 15) is 0 Å². The van der Waals surface area contributed by atoms with Gasteiger partial charge in [-0.2, -0.15) is 0 Å². The quantitative estimate of drug-likeness (QED) is 0.172. The van der Waals surface area contributed by atoms with Gasteiger partial charge in [-0.15, -0.1) is 0 Å². The zero-order valence-electron chi connectivity index (χ0n) is 29.0. The lowest BCUT2D eigenvalue weighted by Gasteiger charge is -2.44. The number of rotatable bonds is 4. The highest BCUT2D eigenvalue weighted by Crippen LogP contribution is 2.47. The zero-order chi connectivity index (χ0) is 34.9. The Morgan fingerprint density at radius 3 is 1.09 bits per heavy atom. The minimum absolute atomic E-state index is 0.0358. The van der Waals surface area contributed by atoms with E-state index in [2.05, 4.69) is 210 Å². The molecule has 9 aromatic carbocycles. The molecule has 0 saturated heterocycles. The van der Waals surface area contributed by atoms with E-state index in [1.807, 2.05) is 0 Å². The molecule has 0 atom stereocenters. The summed E-state index contributed by atoms with van der Waals surface area (Å²) < 4.78 is 0. The molecule has 0 aliphatic carbocycles. The maximum Gasteiger partial charge on any atom is 0.252 e. The van der Waals surface area contributed by atoms with Crippen LogP contribution >= 0.6 is 0 Å². The molecule has 3 heteroatoms. The van der Waals surface area contributed by atoms with Crippen molar-refractivity contribution in [2.45, 2.75) is 0 Å². The van der Waals surface area contributed by atoms with Crippen molar-refractivity contribution in [3.63, 3.8) is 0 Å². The van der Waals surface area contributed by atoms with Gasteiger partial charge >= 0.3 is 0 Å². The third-order valence-corrected chi connectivity index (χ3v) is 11.2. The van der Waals surface area contributed by atoms with Gasteiger partial charge in [-0.25, -0.2) is 0 Å². The normalized spacial score (nSPS) is 12.8. The van der Waals surface area contributed by atoms with Crippen LogP contribution in [0.15, 0.2) is 200 Å². The zero-order valence-corrected chi connectivity index (χ0v) is 29.0. The third-order valence-electron chi connectivity index (χ3n) is 11.2. The van der Waals surface area contributed by atoms with Crippen LogP contribution in [0.1, 0.15) is 0 Å². The van der Waals surface area contributed by atoms with Crippen molar-refractivity contribution in [1.29, 1.82) is 0 Å². The van der Waals surface area contributed by atoms with E-state index in [0.29, 0.717) is 0 Å². The molecule has 0 spiro atoms. The average molecular weight is 673 g/mol. The molecule has 246 valence electrons. The van der Waals surface area contributed by atoms with Gasteiger partial charge in [0, 0.05) is 34.1 Å². The van der Waals surface area contributed by atoms with Crippen LogP contribution in [0.2, 0.25) is 0 Å². The van der Waals surface area contributed by atoms with Crippen LogP contribution in [0.5, 0.6) is 0 Å². The Bertz CT molecular complexity index is 2680. The molecule has 9 aromatic rings. The minimum atomic E-state index is 0.0358. The second-order valence-electron chi connectivity index (χ2n) is 14.2. The van der Waals surface area contributed by atoms with Crippen LogP contribution in [-0.4, -0.2) is 6.71 Å². The number of hydrogen-bond acceptors (Lipinski definition) is 2. The smallest absolute Gasteiger partial charge is 0.252 e. The highest BCUT2D eigenvalue weighted by molar-refractivity contribution is 7.00. The van der Waals surface area contributed by atoms with Gasteiger partial charge in [0.1, 0.15) is 0 Å². The summed E-state index contributed by atoms with van der Waals surface area (Å²) in [5.74, 6) is 0. The lowest BCUT2D eigenvalue weighted by Crippen LogP contribution is -2.61. The number of anilines is 6. The first-order valence-corrected chi connectivity index (χ1v) is 18.4. The second kappa shape index (κ2) is 11.9. The Hall–Kier alpha value is -6.84. The van der Waals surface area contributed by atoms with Gasteiger partial charge in [0.2, 0.25) is 0 Å². The maximum atomic E-state index is 2.51. The van der Waals surface area contributed by atoms with E-state index < -0.39 is 0 Å². The van der Waals surface area contributed by atoms with Crippen molar-refractivity contribution in [3.8, 4) is 22.3 Å². The van der Waals surface area contributed by atoms with E-state index in [-0.39, 0.29) is 6.71 Å². The van der Waals surface area contributed by atoms with Crippen LogP contribution in [0.3, 0.4) is 0 Å². The molecule has 11 rings (SSSR count). The molecule has 2 aliphatic rings. The molecular weight excluding hydrogens is 639 g/mol. The Labute approximate surface area is 309 Å². The predicted molar refractivity (Wildman–Crippen MR) is 226 cm³/mol. The highest BCUT2D eigenvalue weighted by Gasteiger charge is 2.44. The molecular formula is C50H33BN2. The van der Waals surface area contributed by atoms with Gasteiger partial charge in [-0.3, -0.25) is 0 Å². The standard InChI is InChI=1S/C50H33BN2/c1-4-14-34(15-5-1)35-24-26-36(27-25-35)41-32-48-50-49(33-41)53(43-22-8-3-9-23-43)47-31-40-19-13-11-17-38(40)29-45(47)51(50)44-28-37-16-10-12-18-39(37)30-46(44)52(48)42-20-6-2-7-21-42/h1-33H. The molecule has 0 saturated carbocycles. The molecule has 0 aromatic heterocycles. The molecule has 0 unspecified atom stereocenters. The van der Waals surface area contributed by atoms with E-state index >= 15 is 0 Å². The molecule has 0 N–H and O–H groups in total. The lowest BCUT2D eigenvalue weighted by molar-refractivity contribution is 1.26. The Balaban J connectivity index is 1.25. The molecule has 0 bridgehead atoms. The fourth-order valence-corrected chi connectivity index (χ4v) is 8.73. The second-order valence-corrected chi connectivity index (χ2v) is 14.2. The molecule has 0 fully saturated rings. The summed E-state index contributed by atoms with van der Waals surface area (Å²) in [6.07, 6.45) is 0. The van der Waals surface area contributed by atoms with Crippen LogP contribution in [-0.2, 0) is 0 Å². The van der Waals surface area contributed by atoms with Crippen molar-refractivity contribution >= 4 is 78.8 Å². The monoisotopic (exact) mass is 672 g/mol. The van der Waals surface area contributed by atoms with Gasteiger partial charge in [0.05, 0.1) is 0 Å². The fourth-order valence-electron chi connectivity index (χ4n) is 8.73. The van der Waals surface area contributed by atoms with Crippen molar-refractivity contribution in [2.24, 2.45) is 0 Å². The number of para-hydroxylation sites is 2. The average Bonchev–Trinajstić information content (AvgIpc) is 3.23. The van der Waals surface area contributed by atoms with Crippen molar-refractivity contribution < 1.29 is 0 Å². The molecule has 2 heterocycles. The topological polar surface area (TPSA) is 6.48 Å². The number of benzene rings is 9. The summed E-state index contributed by atoms with van der Waals surface area (Å²) in [6, 6.07) is 73.7. The number of nitrogens with zero attached hydrogens (tertiary/aromatic N) is 2. The summed E-state index contributed by atoms with van der Waals surface area (Å²) in [5.41, 5.74) is 16.0. The SMILES string of the molecule is c1ccc(-c2ccc(-c3cc4c5c(c3)N(c3ccccc3)c3cc6ccccc6cc3B5c3cc5ccccc5cc3N4c3ccccc3)cc2)cc1. The van der Waals surface area contributed by atoms with Crippen molar-refractivity contribution in [2.75, 3.05) is 9.80 Å². The van der Waals surface area contributed by atoms with Gasteiger partial charge in [0.15, 0.2) is 0 Å². The van der Waals surface area contributed by atoms with Crippen LogP contribution in [0.25, 0.3) is 43.8 Å². The molecule has 0 amide bonds. The van der Waals surface area contributed by atoms with Gasteiger partial charge in [0.25, 0.3) is 6.71 Å². The summed E-state index contributed by atoms with van der Waals surface area (Å²) in [6.45, 7) is 0.0358. The number of hydrogen-bond donors (Lipinski definition) is 0. The summed E-state index contributed by atoms with van der Waals surface area (Å²) >= 11 is 0. The van der Waals surface area contributed by atoms with Crippen molar-refractivity contribution in [3.05, 3.63) is 200 Å². The fraction of sp³-hybridized carbons (Fsp3) is 0. The summed E-state index contributed by atoms with van der Waals surface area (Å²) in [7, 11) is 0. The molecule has 53 heavy (non-hydrogen) atoms. The van der Waals surface area contributed by atoms with Crippen LogP contribution in [0.4, 0.5) is 34.1 Å².